The van der Waals surface area contributed by atoms with Crippen molar-refractivity contribution in [1.29, 1.82) is 0 Å². The molecule has 1 aromatic rings. The van der Waals surface area contributed by atoms with E-state index in [4.69, 9.17) is 0 Å². The predicted octanol–water partition coefficient (Wildman–Crippen LogP) is 2.68. The van der Waals surface area contributed by atoms with Crippen LogP contribution in [0.4, 0.5) is 4.39 Å². The largest absolute Gasteiger partial charge is 0.320 e. The molecule has 0 fully saturated rings. The summed E-state index contributed by atoms with van der Waals surface area (Å²) >= 11 is 0. The van der Waals surface area contributed by atoms with E-state index in [0.717, 1.165) is 24.9 Å². The van der Waals surface area contributed by atoms with Gasteiger partial charge in [-0.3, -0.25) is 0 Å². The van der Waals surface area contributed by atoms with Crippen molar-refractivity contribution in [3.8, 4) is 0 Å². The summed E-state index contributed by atoms with van der Waals surface area (Å²) in [6.07, 6.45) is 3.38. The van der Waals surface area contributed by atoms with Crippen LogP contribution in [0.25, 0.3) is 0 Å². The fraction of sp³-hybridized carbons (Fsp3) is 0.500. The third kappa shape index (κ3) is 3.46. The van der Waals surface area contributed by atoms with Gasteiger partial charge in [0.1, 0.15) is 5.82 Å². The van der Waals surface area contributed by atoms with Crippen molar-refractivity contribution in [2.75, 3.05) is 13.6 Å². The molecule has 0 atom stereocenters. The lowest BCUT2D eigenvalue weighted by Gasteiger charge is -2.05. The van der Waals surface area contributed by atoms with Crippen LogP contribution in [0.5, 0.6) is 0 Å². The van der Waals surface area contributed by atoms with Crippen LogP contribution in [0.1, 0.15) is 24.0 Å². The highest BCUT2D eigenvalue weighted by molar-refractivity contribution is 5.26. The molecule has 0 radical (unpaired) electrons. The molecule has 1 nitrogen and oxygen atoms in total. The molecule has 1 N–H and O–H groups in total. The zero-order valence-corrected chi connectivity index (χ0v) is 8.94. The van der Waals surface area contributed by atoms with Gasteiger partial charge in [0, 0.05) is 0 Å². The summed E-state index contributed by atoms with van der Waals surface area (Å²) in [4.78, 5) is 0. The number of hydrogen-bond acceptors (Lipinski definition) is 1. The molecule has 0 aromatic heterocycles. The van der Waals surface area contributed by atoms with E-state index in [1.807, 2.05) is 20.0 Å². The minimum atomic E-state index is -0.138. The van der Waals surface area contributed by atoms with Crippen LogP contribution in [-0.2, 0) is 6.42 Å². The van der Waals surface area contributed by atoms with E-state index in [9.17, 15) is 4.39 Å². The van der Waals surface area contributed by atoms with Gasteiger partial charge >= 0.3 is 0 Å². The lowest BCUT2D eigenvalue weighted by Crippen LogP contribution is -2.07. The molecular formula is C12H18FN. The second kappa shape index (κ2) is 5.76. The van der Waals surface area contributed by atoms with Gasteiger partial charge in [0.15, 0.2) is 0 Å². The molecule has 0 saturated carbocycles. The van der Waals surface area contributed by atoms with Crippen LogP contribution < -0.4 is 5.32 Å². The molecule has 14 heavy (non-hydrogen) atoms. The molecule has 0 amide bonds. The zero-order chi connectivity index (χ0) is 10.4. The second-order valence-electron chi connectivity index (χ2n) is 3.63. The predicted molar refractivity (Wildman–Crippen MR) is 58.0 cm³/mol. The SMILES string of the molecule is CNCCCCc1ccc(F)cc1C. The van der Waals surface area contributed by atoms with Crippen molar-refractivity contribution in [2.45, 2.75) is 26.2 Å². The van der Waals surface area contributed by atoms with Crippen molar-refractivity contribution in [2.24, 2.45) is 0 Å². The average molecular weight is 195 g/mol. The minimum Gasteiger partial charge on any atom is -0.320 e. The molecule has 0 bridgehead atoms. The highest BCUT2D eigenvalue weighted by Gasteiger charge is 1.99. The molecule has 0 unspecified atom stereocenters. The van der Waals surface area contributed by atoms with E-state index in [-0.39, 0.29) is 5.82 Å². The maximum absolute atomic E-state index is 12.8. The smallest absolute Gasteiger partial charge is 0.123 e. The van der Waals surface area contributed by atoms with Gasteiger partial charge in [-0.15, -0.1) is 0 Å². The Bertz CT molecular complexity index is 284. The van der Waals surface area contributed by atoms with E-state index in [1.165, 1.54) is 12.0 Å². The highest BCUT2D eigenvalue weighted by atomic mass is 19.1. The number of unbranched alkanes of at least 4 members (excludes halogenated alkanes) is 1. The summed E-state index contributed by atoms with van der Waals surface area (Å²) in [5.41, 5.74) is 2.33. The molecule has 0 aliphatic carbocycles. The van der Waals surface area contributed by atoms with Crippen LogP contribution in [0.2, 0.25) is 0 Å². The Balaban J connectivity index is 2.42. The summed E-state index contributed by atoms with van der Waals surface area (Å²) in [6.45, 7) is 3.02. The fourth-order valence-corrected chi connectivity index (χ4v) is 1.56. The van der Waals surface area contributed by atoms with Gasteiger partial charge in [-0.2, -0.15) is 0 Å². The van der Waals surface area contributed by atoms with Crippen LogP contribution in [0.15, 0.2) is 18.2 Å². The van der Waals surface area contributed by atoms with E-state index >= 15 is 0 Å². The maximum atomic E-state index is 12.8. The van der Waals surface area contributed by atoms with Crippen LogP contribution >= 0.6 is 0 Å². The first kappa shape index (κ1) is 11.2. The van der Waals surface area contributed by atoms with Gasteiger partial charge < -0.3 is 5.32 Å². The number of hydrogen-bond donors (Lipinski definition) is 1. The number of nitrogens with one attached hydrogen (secondary N) is 1. The first-order valence-electron chi connectivity index (χ1n) is 5.13. The van der Waals surface area contributed by atoms with Crippen LogP contribution in [0, 0.1) is 12.7 Å². The third-order valence-corrected chi connectivity index (χ3v) is 2.43. The van der Waals surface area contributed by atoms with Crippen molar-refractivity contribution in [3.05, 3.63) is 35.1 Å². The van der Waals surface area contributed by atoms with Gasteiger partial charge in [0.2, 0.25) is 0 Å². The van der Waals surface area contributed by atoms with Gasteiger partial charge in [-0.1, -0.05) is 6.07 Å². The lowest BCUT2D eigenvalue weighted by molar-refractivity contribution is 0.624. The molecule has 0 heterocycles. The summed E-state index contributed by atoms with van der Waals surface area (Å²) in [5, 5.41) is 3.12. The topological polar surface area (TPSA) is 12.0 Å². The van der Waals surface area contributed by atoms with Gasteiger partial charge in [0.25, 0.3) is 0 Å². The number of halogens is 1. The fourth-order valence-electron chi connectivity index (χ4n) is 1.56. The maximum Gasteiger partial charge on any atom is 0.123 e. The Labute approximate surface area is 85.3 Å². The third-order valence-electron chi connectivity index (χ3n) is 2.43. The Morgan fingerprint density at radius 3 is 2.71 bits per heavy atom. The summed E-state index contributed by atoms with van der Waals surface area (Å²) < 4.78 is 12.8. The van der Waals surface area contributed by atoms with Crippen molar-refractivity contribution in [1.82, 2.24) is 5.32 Å². The van der Waals surface area contributed by atoms with E-state index < -0.39 is 0 Å². The van der Waals surface area contributed by atoms with Gasteiger partial charge in [-0.05, 0) is 63.0 Å². The molecular weight excluding hydrogens is 177 g/mol. The molecule has 0 aliphatic heterocycles. The summed E-state index contributed by atoms with van der Waals surface area (Å²) in [7, 11) is 1.96. The Morgan fingerprint density at radius 2 is 2.07 bits per heavy atom. The van der Waals surface area contributed by atoms with Crippen LogP contribution in [0.3, 0.4) is 0 Å². The van der Waals surface area contributed by atoms with Crippen molar-refractivity contribution < 1.29 is 4.39 Å². The lowest BCUT2D eigenvalue weighted by atomic mass is 10.0. The molecule has 2 heteroatoms. The average Bonchev–Trinajstić information content (AvgIpc) is 2.15. The van der Waals surface area contributed by atoms with Crippen molar-refractivity contribution in [3.63, 3.8) is 0 Å². The van der Waals surface area contributed by atoms with E-state index in [2.05, 4.69) is 5.32 Å². The van der Waals surface area contributed by atoms with Gasteiger partial charge in [-0.25, -0.2) is 4.39 Å². The monoisotopic (exact) mass is 195 g/mol. The van der Waals surface area contributed by atoms with E-state index in [0.29, 0.717) is 0 Å². The molecule has 0 spiro atoms. The standard InChI is InChI=1S/C12H18FN/c1-10-9-12(13)7-6-11(10)5-3-4-8-14-2/h6-7,9,14H,3-5,8H2,1-2H3. The number of aryl methyl sites for hydroxylation is 2. The van der Waals surface area contributed by atoms with Gasteiger partial charge in [0.05, 0.1) is 0 Å². The number of benzene rings is 1. The quantitative estimate of drug-likeness (QED) is 0.712. The minimum absolute atomic E-state index is 0.138. The number of rotatable bonds is 5. The summed E-state index contributed by atoms with van der Waals surface area (Å²) in [6, 6.07) is 5.04. The Hall–Kier alpha value is -0.890. The summed E-state index contributed by atoms with van der Waals surface area (Å²) in [5.74, 6) is -0.138. The molecule has 1 rings (SSSR count). The molecule has 0 saturated heterocycles. The Kier molecular flexibility index (Phi) is 4.60. The molecule has 78 valence electrons. The first-order valence-corrected chi connectivity index (χ1v) is 5.13. The second-order valence-corrected chi connectivity index (χ2v) is 3.63. The Morgan fingerprint density at radius 1 is 1.29 bits per heavy atom. The van der Waals surface area contributed by atoms with Crippen molar-refractivity contribution >= 4 is 0 Å². The highest BCUT2D eigenvalue weighted by Crippen LogP contribution is 2.12. The van der Waals surface area contributed by atoms with Crippen LogP contribution in [-0.4, -0.2) is 13.6 Å². The first-order chi connectivity index (χ1) is 6.74. The van der Waals surface area contributed by atoms with E-state index in [1.54, 1.807) is 12.1 Å². The normalized spacial score (nSPS) is 10.5. The molecule has 1 aromatic carbocycles. The zero-order valence-electron chi connectivity index (χ0n) is 8.94. The molecule has 0 aliphatic rings.